The van der Waals surface area contributed by atoms with E-state index in [1.807, 2.05) is 84.9 Å². The van der Waals surface area contributed by atoms with Gasteiger partial charge in [-0.3, -0.25) is 4.79 Å². The molecule has 1 atom stereocenters. The molecule has 1 aliphatic rings. The molecule has 3 nitrogen and oxygen atoms in total. The summed E-state index contributed by atoms with van der Waals surface area (Å²) >= 11 is 0. The Labute approximate surface area is 182 Å². The SMILES string of the molecule is O=C1NC(c2ccccc2)=N[C@@H]1[P+](c1ccccc1)(c1ccccc1)c1ccccc1. The van der Waals surface area contributed by atoms with Gasteiger partial charge in [0.1, 0.15) is 29.0 Å². The average Bonchev–Trinajstić information content (AvgIpc) is 3.24. The molecule has 0 saturated carbocycles. The molecule has 0 spiro atoms. The largest absolute Gasteiger partial charge is 0.305 e. The molecular weight excluding hydrogens is 399 g/mol. The lowest BCUT2D eigenvalue weighted by Gasteiger charge is -2.29. The van der Waals surface area contributed by atoms with Crippen molar-refractivity contribution in [3.05, 3.63) is 127 Å². The van der Waals surface area contributed by atoms with E-state index in [1.165, 1.54) is 0 Å². The molecular formula is C27H22N2OP+. The molecule has 1 N–H and O–H groups in total. The molecule has 1 heterocycles. The van der Waals surface area contributed by atoms with E-state index in [0.29, 0.717) is 5.84 Å². The minimum Gasteiger partial charge on any atom is -0.305 e. The quantitative estimate of drug-likeness (QED) is 0.488. The fraction of sp³-hybridized carbons (Fsp3) is 0.0370. The van der Waals surface area contributed by atoms with Crippen molar-refractivity contribution in [1.29, 1.82) is 0 Å². The predicted molar refractivity (Wildman–Crippen MR) is 130 cm³/mol. The van der Waals surface area contributed by atoms with Crippen molar-refractivity contribution in [2.75, 3.05) is 0 Å². The standard InChI is InChI=1S/C27H21N2OP/c30-26-27(29-25(28-26)21-13-5-1-6-14-21)31(22-15-7-2-8-16-22,23-17-9-3-10-18-23)24-19-11-4-12-20-24/h1-20,27H/p+1/t27-/m1/s1. The fourth-order valence-electron chi connectivity index (χ4n) is 4.26. The van der Waals surface area contributed by atoms with E-state index >= 15 is 0 Å². The topological polar surface area (TPSA) is 41.5 Å². The van der Waals surface area contributed by atoms with Crippen LogP contribution in [0.15, 0.2) is 126 Å². The zero-order chi connectivity index (χ0) is 21.1. The molecule has 5 rings (SSSR count). The average molecular weight is 421 g/mol. The number of carbonyl (C=O) groups is 1. The summed E-state index contributed by atoms with van der Waals surface area (Å²) in [6.07, 6.45) is 0. The van der Waals surface area contributed by atoms with Gasteiger partial charge in [0, 0.05) is 5.56 Å². The number of carbonyl (C=O) groups excluding carboxylic acids is 1. The first-order valence-corrected chi connectivity index (χ1v) is 12.2. The number of nitrogens with one attached hydrogen (secondary N) is 1. The molecule has 0 aromatic heterocycles. The lowest BCUT2D eigenvalue weighted by Crippen LogP contribution is -2.42. The van der Waals surface area contributed by atoms with Gasteiger partial charge >= 0.3 is 0 Å². The van der Waals surface area contributed by atoms with Crippen LogP contribution in [-0.4, -0.2) is 17.5 Å². The smallest absolute Gasteiger partial charge is 0.290 e. The molecule has 0 bridgehead atoms. The van der Waals surface area contributed by atoms with Gasteiger partial charge in [0.2, 0.25) is 0 Å². The Morgan fingerprint density at radius 2 is 0.968 bits per heavy atom. The second kappa shape index (κ2) is 8.29. The number of amidine groups is 1. The van der Waals surface area contributed by atoms with E-state index in [-0.39, 0.29) is 5.91 Å². The van der Waals surface area contributed by atoms with Gasteiger partial charge in [-0.05, 0) is 36.4 Å². The van der Waals surface area contributed by atoms with E-state index in [1.54, 1.807) is 0 Å². The van der Waals surface area contributed by atoms with Gasteiger partial charge in [0.25, 0.3) is 11.7 Å². The molecule has 0 aliphatic carbocycles. The zero-order valence-corrected chi connectivity index (χ0v) is 17.8. The maximum atomic E-state index is 13.5. The van der Waals surface area contributed by atoms with Crippen LogP contribution in [0.1, 0.15) is 5.56 Å². The summed E-state index contributed by atoms with van der Waals surface area (Å²) in [5.74, 6) is 0.0569. The van der Waals surface area contributed by atoms with Crippen LogP contribution in [0, 0.1) is 0 Å². The molecule has 1 aliphatic heterocycles. The highest BCUT2D eigenvalue weighted by Crippen LogP contribution is 2.61. The van der Waals surface area contributed by atoms with Gasteiger partial charge in [0.05, 0.1) is 0 Å². The Kier molecular flexibility index (Phi) is 5.19. The minimum absolute atomic E-state index is 0.0521. The molecule has 4 aromatic carbocycles. The third kappa shape index (κ3) is 3.37. The van der Waals surface area contributed by atoms with Crippen LogP contribution >= 0.6 is 7.26 Å². The number of rotatable bonds is 5. The van der Waals surface area contributed by atoms with E-state index in [9.17, 15) is 4.79 Å². The van der Waals surface area contributed by atoms with Gasteiger partial charge < -0.3 is 5.32 Å². The third-order valence-corrected chi connectivity index (χ3v) is 10.1. The van der Waals surface area contributed by atoms with Crippen molar-refractivity contribution < 1.29 is 4.79 Å². The summed E-state index contributed by atoms with van der Waals surface area (Å²) in [5.41, 5.74) is 0.922. The molecule has 0 radical (unpaired) electrons. The number of nitrogens with zero attached hydrogens (tertiary/aromatic N) is 1. The Morgan fingerprint density at radius 3 is 1.39 bits per heavy atom. The first-order valence-electron chi connectivity index (χ1n) is 10.3. The second-order valence-electron chi connectivity index (χ2n) is 7.44. The summed E-state index contributed by atoms with van der Waals surface area (Å²) in [6, 6.07) is 41.0. The van der Waals surface area contributed by atoms with Crippen LogP contribution in [-0.2, 0) is 4.79 Å². The molecule has 0 unspecified atom stereocenters. The van der Waals surface area contributed by atoms with E-state index in [4.69, 9.17) is 4.99 Å². The van der Waals surface area contributed by atoms with Gasteiger partial charge in [-0.1, -0.05) is 84.9 Å². The highest BCUT2D eigenvalue weighted by atomic mass is 31.2. The van der Waals surface area contributed by atoms with E-state index in [0.717, 1.165) is 21.5 Å². The number of hydrogen-bond acceptors (Lipinski definition) is 2. The van der Waals surface area contributed by atoms with Crippen molar-refractivity contribution in [3.8, 4) is 0 Å². The first kappa shape index (κ1) is 19.4. The Bertz CT molecular complexity index is 1110. The molecule has 31 heavy (non-hydrogen) atoms. The normalized spacial score (nSPS) is 15.9. The fourth-order valence-corrected chi connectivity index (χ4v) is 8.63. The lowest BCUT2D eigenvalue weighted by atomic mass is 10.2. The summed E-state index contributed by atoms with van der Waals surface area (Å²) in [6.45, 7) is 0. The first-order chi connectivity index (χ1) is 15.3. The van der Waals surface area contributed by atoms with Crippen molar-refractivity contribution in [1.82, 2.24) is 5.32 Å². The molecule has 150 valence electrons. The van der Waals surface area contributed by atoms with Gasteiger partial charge in [0.15, 0.2) is 0 Å². The maximum absolute atomic E-state index is 13.5. The van der Waals surface area contributed by atoms with Gasteiger partial charge in [-0.2, -0.15) is 0 Å². The number of amides is 1. The summed E-state index contributed by atoms with van der Waals surface area (Å²) < 4.78 is 0. The van der Waals surface area contributed by atoms with Crippen LogP contribution in [0.2, 0.25) is 0 Å². The van der Waals surface area contributed by atoms with Crippen molar-refractivity contribution in [2.45, 2.75) is 5.78 Å². The lowest BCUT2D eigenvalue weighted by molar-refractivity contribution is -0.118. The second-order valence-corrected chi connectivity index (χ2v) is 10.9. The monoisotopic (exact) mass is 421 g/mol. The van der Waals surface area contributed by atoms with Crippen LogP contribution in [0.25, 0.3) is 0 Å². The number of aliphatic imine (C=N–C) groups is 1. The molecule has 1 amide bonds. The van der Waals surface area contributed by atoms with Crippen LogP contribution in [0.3, 0.4) is 0 Å². The van der Waals surface area contributed by atoms with Crippen LogP contribution in [0.5, 0.6) is 0 Å². The van der Waals surface area contributed by atoms with Crippen LogP contribution in [0.4, 0.5) is 0 Å². The predicted octanol–water partition coefficient (Wildman–Crippen LogP) is 3.88. The third-order valence-electron chi connectivity index (χ3n) is 5.63. The highest BCUT2D eigenvalue weighted by Gasteiger charge is 2.58. The highest BCUT2D eigenvalue weighted by molar-refractivity contribution is 7.96. The van der Waals surface area contributed by atoms with Crippen molar-refractivity contribution in [2.24, 2.45) is 4.99 Å². The van der Waals surface area contributed by atoms with E-state index in [2.05, 4.69) is 41.7 Å². The molecule has 0 saturated heterocycles. The summed E-state index contributed by atoms with van der Waals surface area (Å²) in [7, 11) is -2.41. The van der Waals surface area contributed by atoms with E-state index < -0.39 is 13.0 Å². The Hall–Kier alpha value is -3.55. The zero-order valence-electron chi connectivity index (χ0n) is 16.9. The number of benzene rings is 4. The number of hydrogen-bond donors (Lipinski definition) is 1. The van der Waals surface area contributed by atoms with Gasteiger partial charge in [-0.25, -0.2) is 4.99 Å². The molecule has 4 aromatic rings. The van der Waals surface area contributed by atoms with Crippen molar-refractivity contribution >= 4 is 34.9 Å². The van der Waals surface area contributed by atoms with Gasteiger partial charge in [-0.15, -0.1) is 0 Å². The minimum atomic E-state index is -2.41. The van der Waals surface area contributed by atoms with Crippen molar-refractivity contribution in [3.63, 3.8) is 0 Å². The summed E-state index contributed by atoms with van der Waals surface area (Å²) in [5, 5.41) is 6.51. The van der Waals surface area contributed by atoms with Crippen LogP contribution < -0.4 is 21.2 Å². The summed E-state index contributed by atoms with van der Waals surface area (Å²) in [4.78, 5) is 18.6. The Balaban J connectivity index is 1.80. The maximum Gasteiger partial charge on any atom is 0.290 e. The molecule has 0 fully saturated rings. The molecule has 4 heteroatoms. The Morgan fingerprint density at radius 1 is 0.581 bits per heavy atom.